The maximum Gasteiger partial charge on any atom is 0.335 e. The fraction of sp³-hybridized carbons (Fsp3) is 0.400. The summed E-state index contributed by atoms with van der Waals surface area (Å²) in [5.41, 5.74) is 4.70. The maximum atomic E-state index is 14.0. The van der Waals surface area contributed by atoms with Gasteiger partial charge in [-0.1, -0.05) is 56.7 Å². The fourth-order valence-corrected chi connectivity index (χ4v) is 8.41. The van der Waals surface area contributed by atoms with Gasteiger partial charge in [0.2, 0.25) is 5.91 Å². The van der Waals surface area contributed by atoms with Gasteiger partial charge in [0.25, 0.3) is 11.8 Å². The van der Waals surface area contributed by atoms with Gasteiger partial charge >= 0.3 is 11.9 Å². The monoisotopic (exact) mass is 779 g/mol. The lowest BCUT2D eigenvalue weighted by Crippen LogP contribution is -2.40. The third-order valence-electron chi connectivity index (χ3n) is 10.8. The van der Waals surface area contributed by atoms with Crippen molar-refractivity contribution in [3.05, 3.63) is 117 Å². The molecule has 1 heterocycles. The number of anilines is 2. The summed E-state index contributed by atoms with van der Waals surface area (Å²) >= 11 is 1.46. The number of aromatic carboxylic acids is 1. The van der Waals surface area contributed by atoms with Gasteiger partial charge in [0, 0.05) is 35.1 Å². The second-order valence-electron chi connectivity index (χ2n) is 15.3. The van der Waals surface area contributed by atoms with E-state index in [0.717, 1.165) is 84.9 Å². The molecule has 0 aliphatic heterocycles. The highest BCUT2D eigenvalue weighted by Gasteiger charge is 2.30. The second-order valence-corrected chi connectivity index (χ2v) is 16.4. The zero-order valence-corrected chi connectivity index (χ0v) is 33.6. The van der Waals surface area contributed by atoms with Crippen LogP contribution in [0.25, 0.3) is 0 Å². The Kier molecular flexibility index (Phi) is 14.2. The lowest BCUT2D eigenvalue weighted by Gasteiger charge is -2.32. The van der Waals surface area contributed by atoms with Crippen LogP contribution in [-0.4, -0.2) is 50.8 Å². The zero-order chi connectivity index (χ0) is 40.4. The summed E-state index contributed by atoms with van der Waals surface area (Å²) in [6, 6.07) is 21.7. The first-order valence-corrected chi connectivity index (χ1v) is 20.4. The molecule has 10 nitrogen and oxygen atoms in total. The van der Waals surface area contributed by atoms with Gasteiger partial charge in [-0.3, -0.25) is 19.2 Å². The number of aryl methyl sites for hydroxylation is 3. The first kappa shape index (κ1) is 41.9. The number of benzene rings is 3. The third-order valence-corrected chi connectivity index (χ3v) is 12.0. The Balaban J connectivity index is 1.30. The van der Waals surface area contributed by atoms with Gasteiger partial charge in [0.15, 0.2) is 0 Å². The largest absolute Gasteiger partial charge is 0.481 e. The maximum absolute atomic E-state index is 14.0. The molecule has 0 atom stereocenters. The van der Waals surface area contributed by atoms with E-state index in [-0.39, 0.29) is 42.2 Å². The summed E-state index contributed by atoms with van der Waals surface area (Å²) in [6.07, 6.45) is 8.01. The van der Waals surface area contributed by atoms with Crippen LogP contribution < -0.4 is 10.6 Å². The van der Waals surface area contributed by atoms with E-state index in [1.165, 1.54) is 11.3 Å². The first-order chi connectivity index (χ1) is 26.8. The van der Waals surface area contributed by atoms with Crippen LogP contribution in [0, 0.1) is 5.41 Å². The van der Waals surface area contributed by atoms with E-state index in [1.807, 2.05) is 61.2 Å². The third kappa shape index (κ3) is 10.7. The number of nitrogens with one attached hydrogen (secondary N) is 2. The number of hydrogen-bond donors (Lipinski definition) is 4. The minimum Gasteiger partial charge on any atom is -0.481 e. The molecule has 3 aromatic carbocycles. The van der Waals surface area contributed by atoms with Crippen LogP contribution in [0.1, 0.15) is 131 Å². The molecule has 0 unspecified atom stereocenters. The Hall–Kier alpha value is -5.29. The van der Waals surface area contributed by atoms with Crippen LogP contribution in [0.3, 0.4) is 0 Å². The number of carboxylic acid groups (broad SMARTS) is 2. The number of carboxylic acids is 2. The van der Waals surface area contributed by atoms with E-state index in [1.54, 1.807) is 44.2 Å². The number of amides is 3. The molecule has 56 heavy (non-hydrogen) atoms. The van der Waals surface area contributed by atoms with Crippen LogP contribution in [0.2, 0.25) is 0 Å². The Morgan fingerprint density at radius 3 is 2.04 bits per heavy atom. The molecule has 3 amide bonds. The van der Waals surface area contributed by atoms with Crippen LogP contribution in [0.4, 0.5) is 10.7 Å². The zero-order valence-electron chi connectivity index (χ0n) is 32.8. The van der Waals surface area contributed by atoms with Gasteiger partial charge in [0.05, 0.1) is 16.5 Å². The molecule has 1 aromatic heterocycles. The second kappa shape index (κ2) is 19.0. The summed E-state index contributed by atoms with van der Waals surface area (Å²) in [6.45, 7) is 7.60. The lowest BCUT2D eigenvalue weighted by atomic mass is 9.87. The molecule has 0 bridgehead atoms. The summed E-state index contributed by atoms with van der Waals surface area (Å²) in [5.74, 6) is -2.62. The van der Waals surface area contributed by atoms with E-state index >= 15 is 0 Å². The molecule has 1 aliphatic rings. The van der Waals surface area contributed by atoms with Crippen LogP contribution in [-0.2, 0) is 41.8 Å². The van der Waals surface area contributed by atoms with E-state index in [0.29, 0.717) is 28.4 Å². The predicted molar refractivity (Wildman–Crippen MR) is 221 cm³/mol. The van der Waals surface area contributed by atoms with E-state index < -0.39 is 17.4 Å². The highest BCUT2D eigenvalue weighted by atomic mass is 32.1. The van der Waals surface area contributed by atoms with Gasteiger partial charge < -0.3 is 25.7 Å². The number of fused-ring (bicyclic) bond motifs is 1. The normalized spacial score (nSPS) is 12.7. The quantitative estimate of drug-likeness (QED) is 0.0779. The van der Waals surface area contributed by atoms with Crippen LogP contribution in [0.15, 0.2) is 72.8 Å². The number of rotatable bonds is 17. The van der Waals surface area contributed by atoms with Gasteiger partial charge in [-0.15, -0.1) is 11.3 Å². The van der Waals surface area contributed by atoms with Gasteiger partial charge in [0.1, 0.15) is 5.00 Å². The molecule has 0 saturated heterocycles. The Bertz CT molecular complexity index is 2030. The molecule has 4 N–H and O–H groups in total. The number of nitrogens with zero attached hydrogens (tertiary/aromatic N) is 1. The predicted octanol–water partition coefficient (Wildman–Crippen LogP) is 9.41. The molecule has 11 heteroatoms. The molecule has 1 aliphatic carbocycles. The summed E-state index contributed by atoms with van der Waals surface area (Å²) in [7, 11) is 0. The van der Waals surface area contributed by atoms with E-state index in [9.17, 15) is 29.1 Å². The molecular weight excluding hydrogens is 727 g/mol. The van der Waals surface area contributed by atoms with E-state index in [4.69, 9.17) is 5.11 Å². The summed E-state index contributed by atoms with van der Waals surface area (Å²) < 4.78 is 0. The van der Waals surface area contributed by atoms with Gasteiger partial charge in [-0.25, -0.2) is 4.79 Å². The van der Waals surface area contributed by atoms with Crippen molar-refractivity contribution in [1.29, 1.82) is 0 Å². The molecule has 0 saturated carbocycles. The van der Waals surface area contributed by atoms with Gasteiger partial charge in [-0.05, 0) is 130 Å². The smallest absolute Gasteiger partial charge is 0.335 e. The van der Waals surface area contributed by atoms with Crippen molar-refractivity contribution in [2.24, 2.45) is 5.41 Å². The average Bonchev–Trinajstić information content (AvgIpc) is 3.36. The number of carbonyl (C=O) groups is 5. The van der Waals surface area contributed by atoms with Crippen molar-refractivity contribution in [2.45, 2.75) is 111 Å². The molecule has 5 rings (SSSR count). The standard InChI is InChI=1S/C45H53N3O7S/c1-5-35(6-2)48(38(49)25-26-45(3,4)44(54)55)28-31-11-10-12-33(27-31)40(50)47-42-39(36-13-8-7-9-14-37(36)56-42)41(51)46-34-23-19-30(20-24-34)16-15-29-17-21-32(22-18-29)43(52)53/h10-12,17-24,27,35H,5-9,13-16,25-26,28H2,1-4H3,(H,46,51)(H,47,50)(H,52,53)(H,54,55). The first-order valence-electron chi connectivity index (χ1n) is 19.6. The van der Waals surface area contributed by atoms with Crippen LogP contribution >= 0.6 is 11.3 Å². The van der Waals surface area contributed by atoms with Crippen molar-refractivity contribution in [3.8, 4) is 0 Å². The SMILES string of the molecule is CCC(CC)N(Cc1cccc(C(=O)Nc2sc3c(c2C(=O)Nc2ccc(CCc4ccc(C(=O)O)cc4)cc2)CCCCC3)c1)C(=O)CCC(C)(C)C(=O)O. The molecule has 4 aromatic rings. The molecule has 0 fully saturated rings. The Labute approximate surface area is 333 Å². The van der Waals surface area contributed by atoms with Crippen molar-refractivity contribution >= 4 is 51.7 Å². The number of carbonyl (C=O) groups excluding carboxylic acids is 3. The molecule has 0 radical (unpaired) electrons. The van der Waals surface area contributed by atoms with Crippen LogP contribution in [0.5, 0.6) is 0 Å². The molecular formula is C45H53N3O7S. The minimum atomic E-state index is -1.02. The minimum absolute atomic E-state index is 0.0308. The molecule has 296 valence electrons. The Morgan fingerprint density at radius 1 is 0.768 bits per heavy atom. The fourth-order valence-electron chi connectivity index (χ4n) is 7.13. The molecule has 0 spiro atoms. The highest BCUT2D eigenvalue weighted by molar-refractivity contribution is 7.17. The van der Waals surface area contributed by atoms with Crippen molar-refractivity contribution in [2.75, 3.05) is 10.6 Å². The number of hydrogen-bond acceptors (Lipinski definition) is 6. The Morgan fingerprint density at radius 2 is 1.41 bits per heavy atom. The van der Waals surface area contributed by atoms with E-state index in [2.05, 4.69) is 10.6 Å². The van der Waals surface area contributed by atoms with Crippen molar-refractivity contribution in [3.63, 3.8) is 0 Å². The topological polar surface area (TPSA) is 153 Å². The van der Waals surface area contributed by atoms with Crippen molar-refractivity contribution < 1.29 is 34.2 Å². The number of aliphatic carboxylic acids is 1. The lowest BCUT2D eigenvalue weighted by molar-refractivity contribution is -0.148. The average molecular weight is 780 g/mol. The highest BCUT2D eigenvalue weighted by Crippen LogP contribution is 2.38. The summed E-state index contributed by atoms with van der Waals surface area (Å²) in [4.78, 5) is 67.2. The van der Waals surface area contributed by atoms with Gasteiger partial charge in [-0.2, -0.15) is 0 Å². The van der Waals surface area contributed by atoms with Crippen molar-refractivity contribution in [1.82, 2.24) is 4.90 Å². The number of thiophene rings is 1. The summed E-state index contributed by atoms with van der Waals surface area (Å²) in [5, 5.41) is 25.4.